The molecular weight excluding hydrogens is 516 g/mol. The van der Waals surface area contributed by atoms with Crippen molar-refractivity contribution in [3.63, 3.8) is 0 Å². The summed E-state index contributed by atoms with van der Waals surface area (Å²) in [7, 11) is 0. The van der Waals surface area contributed by atoms with Crippen LogP contribution in [0.4, 0.5) is 4.79 Å². The molecule has 1 saturated carbocycles. The largest absolute Gasteiger partial charge is 0.489 e. The number of carbonyl (C=O) groups is 2. The van der Waals surface area contributed by atoms with E-state index >= 15 is 0 Å². The summed E-state index contributed by atoms with van der Waals surface area (Å²) in [5.41, 5.74) is 0.227. The van der Waals surface area contributed by atoms with Gasteiger partial charge in [-0.25, -0.2) is 4.79 Å². The van der Waals surface area contributed by atoms with Crippen LogP contribution in [-0.4, -0.2) is 64.3 Å². The zero-order valence-electron chi connectivity index (χ0n) is 24.5. The number of carbonyl (C=O) groups excluding carboxylic acids is 2. The van der Waals surface area contributed by atoms with Gasteiger partial charge in [0, 0.05) is 26.2 Å². The molecule has 0 bridgehead atoms. The Balaban J connectivity index is 1.28. The number of nitrogens with zero attached hydrogens (tertiary/aromatic N) is 2. The molecule has 0 radical (unpaired) electrons. The van der Waals surface area contributed by atoms with Crippen LogP contribution in [0.2, 0.25) is 0 Å². The summed E-state index contributed by atoms with van der Waals surface area (Å²) in [6.45, 7) is 7.63. The van der Waals surface area contributed by atoms with E-state index < -0.39 is 17.1 Å². The highest BCUT2D eigenvalue weighted by atomic mass is 16.6. The number of hydrogen-bond donors (Lipinski definition) is 1. The van der Waals surface area contributed by atoms with Crippen LogP contribution in [0.3, 0.4) is 0 Å². The molecular formula is C34H42N2O5. The predicted molar refractivity (Wildman–Crippen MR) is 160 cm³/mol. The Hall–Kier alpha value is -3.58. The lowest BCUT2D eigenvalue weighted by Crippen LogP contribution is -2.55. The standard InChI is InChI=1S/C34H42N2O5/c1-33(2,3)41-32(38)36-21-19-35(20-22-36)31(37)30(34(39)17-7-4-8-18-34)27-13-15-29(16-14-27)40-24-25-11-12-26-9-5-6-10-28(26)23-25/h5-6,9-16,23,30,39H,4,7-8,17-22,24H2,1-3H3. The second-order valence-corrected chi connectivity index (χ2v) is 12.4. The van der Waals surface area contributed by atoms with Crippen molar-refractivity contribution in [3.05, 3.63) is 77.9 Å². The van der Waals surface area contributed by atoms with Crippen LogP contribution in [0.1, 0.15) is 69.9 Å². The van der Waals surface area contributed by atoms with Crippen LogP contribution >= 0.6 is 0 Å². The predicted octanol–water partition coefficient (Wildman–Crippen LogP) is 6.28. The summed E-state index contributed by atoms with van der Waals surface area (Å²) in [5.74, 6) is -0.0248. The van der Waals surface area contributed by atoms with Crippen LogP contribution in [0, 0.1) is 0 Å². The zero-order valence-corrected chi connectivity index (χ0v) is 24.5. The summed E-state index contributed by atoms with van der Waals surface area (Å²) < 4.78 is 11.6. The molecule has 1 unspecified atom stereocenters. The molecule has 1 aliphatic carbocycles. The fourth-order valence-corrected chi connectivity index (χ4v) is 6.01. The molecule has 7 nitrogen and oxygen atoms in total. The number of amides is 2. The van der Waals surface area contributed by atoms with Crippen LogP contribution < -0.4 is 4.74 Å². The van der Waals surface area contributed by atoms with Crippen molar-refractivity contribution in [2.24, 2.45) is 0 Å². The number of hydrogen-bond acceptors (Lipinski definition) is 5. The van der Waals surface area contributed by atoms with E-state index in [0.29, 0.717) is 45.6 Å². The first kappa shape index (κ1) is 28.9. The maximum absolute atomic E-state index is 14.0. The third-order valence-corrected chi connectivity index (χ3v) is 8.18. The van der Waals surface area contributed by atoms with E-state index in [1.807, 2.05) is 57.2 Å². The molecule has 7 heteroatoms. The number of piperazine rings is 1. The quantitative estimate of drug-likeness (QED) is 0.385. The van der Waals surface area contributed by atoms with Gasteiger partial charge in [0.05, 0.1) is 11.5 Å². The normalized spacial score (nSPS) is 18.1. The molecule has 2 amide bonds. The van der Waals surface area contributed by atoms with Gasteiger partial charge in [-0.05, 0) is 73.7 Å². The number of rotatable bonds is 6. The van der Waals surface area contributed by atoms with Gasteiger partial charge in [0.15, 0.2) is 0 Å². The molecule has 3 aromatic rings. The van der Waals surface area contributed by atoms with Crippen molar-refractivity contribution < 1.29 is 24.2 Å². The third kappa shape index (κ3) is 7.02. The van der Waals surface area contributed by atoms with Crippen molar-refractivity contribution in [3.8, 4) is 5.75 Å². The molecule has 3 aromatic carbocycles. The molecule has 2 aliphatic rings. The number of fused-ring (bicyclic) bond motifs is 1. The Morgan fingerprint density at radius 2 is 1.49 bits per heavy atom. The van der Waals surface area contributed by atoms with Crippen LogP contribution in [0.5, 0.6) is 5.75 Å². The van der Waals surface area contributed by atoms with Crippen molar-refractivity contribution in [2.45, 2.75) is 76.6 Å². The second kappa shape index (κ2) is 12.1. The van der Waals surface area contributed by atoms with Crippen LogP contribution in [0.15, 0.2) is 66.7 Å². The smallest absolute Gasteiger partial charge is 0.410 e. The van der Waals surface area contributed by atoms with E-state index in [4.69, 9.17) is 9.47 Å². The van der Waals surface area contributed by atoms with Gasteiger partial charge in [0.2, 0.25) is 5.91 Å². The highest BCUT2D eigenvalue weighted by molar-refractivity contribution is 5.86. The zero-order chi connectivity index (χ0) is 29.0. The lowest BCUT2D eigenvalue weighted by molar-refractivity contribution is -0.143. The average Bonchev–Trinajstić information content (AvgIpc) is 2.96. The van der Waals surface area contributed by atoms with Crippen LogP contribution in [0.25, 0.3) is 10.8 Å². The molecule has 41 heavy (non-hydrogen) atoms. The van der Waals surface area contributed by atoms with Crippen molar-refractivity contribution in [1.29, 1.82) is 0 Å². The van der Waals surface area contributed by atoms with Gasteiger partial charge in [0.25, 0.3) is 0 Å². The first-order valence-corrected chi connectivity index (χ1v) is 14.8. The minimum absolute atomic E-state index is 0.0805. The Morgan fingerprint density at radius 3 is 2.15 bits per heavy atom. The second-order valence-electron chi connectivity index (χ2n) is 12.4. The van der Waals surface area contributed by atoms with Gasteiger partial charge < -0.3 is 24.4 Å². The van der Waals surface area contributed by atoms with E-state index in [1.54, 1.807) is 9.80 Å². The van der Waals surface area contributed by atoms with E-state index in [-0.39, 0.29) is 12.0 Å². The van der Waals surface area contributed by atoms with E-state index in [1.165, 1.54) is 10.8 Å². The molecule has 0 aromatic heterocycles. The lowest BCUT2D eigenvalue weighted by atomic mass is 9.72. The summed E-state index contributed by atoms with van der Waals surface area (Å²) in [6.07, 6.45) is 3.72. The topological polar surface area (TPSA) is 79.3 Å². The molecule has 1 saturated heterocycles. The maximum Gasteiger partial charge on any atom is 0.410 e. The highest BCUT2D eigenvalue weighted by Gasteiger charge is 2.45. The first-order valence-electron chi connectivity index (χ1n) is 14.8. The number of benzene rings is 3. The molecule has 1 N–H and O–H groups in total. The van der Waals surface area contributed by atoms with E-state index in [9.17, 15) is 14.7 Å². The van der Waals surface area contributed by atoms with Gasteiger partial charge in [-0.3, -0.25) is 4.79 Å². The van der Waals surface area contributed by atoms with E-state index in [2.05, 4.69) is 30.3 Å². The minimum atomic E-state index is -1.09. The summed E-state index contributed by atoms with van der Waals surface area (Å²) >= 11 is 0. The molecule has 5 rings (SSSR count). The Labute approximate surface area is 243 Å². The van der Waals surface area contributed by atoms with Gasteiger partial charge in [-0.2, -0.15) is 0 Å². The van der Waals surface area contributed by atoms with Crippen molar-refractivity contribution in [2.75, 3.05) is 26.2 Å². The SMILES string of the molecule is CC(C)(C)OC(=O)N1CCN(C(=O)C(c2ccc(OCc3ccc4ccccc4c3)cc2)C2(O)CCCCC2)CC1. The third-order valence-electron chi connectivity index (χ3n) is 8.18. The summed E-state index contributed by atoms with van der Waals surface area (Å²) in [5, 5.41) is 14.2. The van der Waals surface area contributed by atoms with Gasteiger partial charge in [-0.1, -0.05) is 67.8 Å². The molecule has 2 fully saturated rings. The van der Waals surface area contributed by atoms with Gasteiger partial charge >= 0.3 is 6.09 Å². The summed E-state index contributed by atoms with van der Waals surface area (Å²) in [6, 6.07) is 22.2. The summed E-state index contributed by atoms with van der Waals surface area (Å²) in [4.78, 5) is 30.0. The number of aliphatic hydroxyl groups is 1. The van der Waals surface area contributed by atoms with Gasteiger partial charge in [0.1, 0.15) is 18.0 Å². The average molecular weight is 559 g/mol. The first-order chi connectivity index (χ1) is 19.6. The monoisotopic (exact) mass is 558 g/mol. The number of ether oxygens (including phenoxy) is 2. The Bertz CT molecular complexity index is 1350. The molecule has 1 aliphatic heterocycles. The van der Waals surface area contributed by atoms with E-state index in [0.717, 1.165) is 36.1 Å². The lowest BCUT2D eigenvalue weighted by Gasteiger charge is -2.43. The Morgan fingerprint density at radius 1 is 0.854 bits per heavy atom. The minimum Gasteiger partial charge on any atom is -0.489 e. The van der Waals surface area contributed by atoms with Crippen LogP contribution in [-0.2, 0) is 16.1 Å². The Kier molecular flexibility index (Phi) is 8.55. The molecule has 1 heterocycles. The molecule has 0 spiro atoms. The maximum atomic E-state index is 14.0. The van der Waals surface area contributed by atoms with Gasteiger partial charge in [-0.15, -0.1) is 0 Å². The molecule has 1 atom stereocenters. The highest BCUT2D eigenvalue weighted by Crippen LogP contribution is 2.41. The fourth-order valence-electron chi connectivity index (χ4n) is 6.01. The fraction of sp³-hybridized carbons (Fsp3) is 0.471. The van der Waals surface area contributed by atoms with Crippen molar-refractivity contribution in [1.82, 2.24) is 9.80 Å². The molecule has 218 valence electrons. The van der Waals surface area contributed by atoms with Crippen molar-refractivity contribution >= 4 is 22.8 Å².